The van der Waals surface area contributed by atoms with Gasteiger partial charge in [0.25, 0.3) is 0 Å². The molecule has 112 valence electrons. The number of ketones is 1. The van der Waals surface area contributed by atoms with Crippen LogP contribution in [0.2, 0.25) is 0 Å². The van der Waals surface area contributed by atoms with Gasteiger partial charge in [-0.3, -0.25) is 4.79 Å². The van der Waals surface area contributed by atoms with Crippen LogP contribution in [-0.2, 0) is 6.42 Å². The molecule has 5 nitrogen and oxygen atoms in total. The van der Waals surface area contributed by atoms with Gasteiger partial charge in [-0.2, -0.15) is 0 Å². The molecule has 0 radical (unpaired) electrons. The highest BCUT2D eigenvalue weighted by molar-refractivity contribution is 6.02. The lowest BCUT2D eigenvalue weighted by Gasteiger charge is -2.07. The monoisotopic (exact) mass is 297 g/mol. The Labute approximate surface area is 129 Å². The summed E-state index contributed by atoms with van der Waals surface area (Å²) in [7, 11) is 2.97. The summed E-state index contributed by atoms with van der Waals surface area (Å²) in [6.45, 7) is 0. The van der Waals surface area contributed by atoms with Gasteiger partial charge in [0, 0.05) is 12.5 Å². The minimum absolute atomic E-state index is 0.113. The number of hydrogen-bond acceptors (Lipinski definition) is 4. The predicted octanol–water partition coefficient (Wildman–Crippen LogP) is 4.00. The molecule has 0 fully saturated rings. The second-order valence-electron chi connectivity index (χ2n) is 4.73. The summed E-state index contributed by atoms with van der Waals surface area (Å²) in [6, 6.07) is 12.8. The maximum atomic E-state index is 12.4. The summed E-state index contributed by atoms with van der Waals surface area (Å²) in [5.74, 6) is 0.727. The molecule has 0 aliphatic rings. The molecule has 0 spiro atoms. The molecule has 0 amide bonds. The van der Waals surface area contributed by atoms with E-state index in [1.54, 1.807) is 6.07 Å². The number of ether oxygens (including phenoxy) is 2. The van der Waals surface area contributed by atoms with E-state index in [2.05, 4.69) is 4.98 Å². The van der Waals surface area contributed by atoms with Gasteiger partial charge in [0.15, 0.2) is 22.3 Å². The van der Waals surface area contributed by atoms with E-state index < -0.39 is 0 Å². The molecule has 0 unspecified atom stereocenters. The molecule has 0 N–H and O–H groups in total. The summed E-state index contributed by atoms with van der Waals surface area (Å²) in [6.07, 6.45) is 0.945. The molecular weight excluding hydrogens is 280 g/mol. The van der Waals surface area contributed by atoms with E-state index in [1.165, 1.54) is 20.3 Å². The number of nitrogens with zero attached hydrogens (tertiary/aromatic N) is 2. The minimum atomic E-state index is -0.113. The van der Waals surface area contributed by atoms with Crippen LogP contribution in [0.3, 0.4) is 0 Å². The van der Waals surface area contributed by atoms with Crippen LogP contribution in [-0.4, -0.2) is 20.0 Å². The quantitative estimate of drug-likeness (QED) is 0.597. The third kappa shape index (κ3) is 3.41. The lowest BCUT2D eigenvalue weighted by Crippen LogP contribution is -2.03. The first-order valence-electron chi connectivity index (χ1n) is 6.87. The predicted molar refractivity (Wildman–Crippen MR) is 83.4 cm³/mol. The highest BCUT2D eigenvalue weighted by atomic mass is 16.5. The van der Waals surface area contributed by atoms with Crippen molar-refractivity contribution in [2.24, 2.45) is 0 Å². The molecule has 0 aliphatic carbocycles. The van der Waals surface area contributed by atoms with E-state index in [0.717, 1.165) is 5.56 Å². The van der Waals surface area contributed by atoms with Crippen molar-refractivity contribution in [2.75, 3.05) is 14.2 Å². The van der Waals surface area contributed by atoms with Crippen LogP contribution in [0.25, 0.3) is 4.98 Å². The van der Waals surface area contributed by atoms with Gasteiger partial charge in [-0.15, -0.1) is 0 Å². The molecule has 0 saturated carbocycles. The number of diazo groups is 1. The number of Topliss-reactive ketones (excluding diaryl/α,β-unsaturated/α-hetero) is 1. The normalized spacial score (nSPS) is 9.86. The lowest BCUT2D eigenvalue weighted by atomic mass is 10.0. The van der Waals surface area contributed by atoms with Crippen LogP contribution in [0.4, 0.5) is 5.69 Å². The zero-order valence-corrected chi connectivity index (χ0v) is 12.6. The topological polar surface area (TPSA) is 63.7 Å². The third-order valence-electron chi connectivity index (χ3n) is 3.39. The molecule has 0 aliphatic heterocycles. The summed E-state index contributed by atoms with van der Waals surface area (Å²) in [5.41, 5.74) is 1.57. The fraction of sp³-hybridized carbons (Fsp3) is 0.235. The van der Waals surface area contributed by atoms with Crippen molar-refractivity contribution in [1.29, 1.82) is 5.39 Å². The molecular formula is C17H17N2O3+. The Morgan fingerprint density at radius 1 is 1.09 bits per heavy atom. The molecule has 0 saturated heterocycles. The number of rotatable bonds is 6. The van der Waals surface area contributed by atoms with Crippen molar-refractivity contribution in [2.45, 2.75) is 12.8 Å². The first-order chi connectivity index (χ1) is 10.7. The van der Waals surface area contributed by atoms with Gasteiger partial charge in [0.05, 0.1) is 20.3 Å². The van der Waals surface area contributed by atoms with Crippen molar-refractivity contribution in [1.82, 2.24) is 0 Å². The maximum Gasteiger partial charge on any atom is 0.399 e. The molecule has 22 heavy (non-hydrogen) atoms. The van der Waals surface area contributed by atoms with E-state index in [-0.39, 0.29) is 11.5 Å². The molecule has 2 aromatic carbocycles. The number of benzene rings is 2. The van der Waals surface area contributed by atoms with Crippen LogP contribution >= 0.6 is 0 Å². The third-order valence-corrected chi connectivity index (χ3v) is 3.39. The number of aryl methyl sites for hydroxylation is 1. The Bertz CT molecular complexity index is 706. The van der Waals surface area contributed by atoms with Gasteiger partial charge in [0.1, 0.15) is 5.56 Å². The van der Waals surface area contributed by atoms with Crippen molar-refractivity contribution in [3.63, 3.8) is 0 Å². The van der Waals surface area contributed by atoms with Gasteiger partial charge in [-0.25, -0.2) is 0 Å². The number of carbonyl (C=O) groups excluding carboxylic acids is 1. The summed E-state index contributed by atoms with van der Waals surface area (Å²) < 4.78 is 10.3. The Balaban J connectivity index is 2.23. The van der Waals surface area contributed by atoms with Crippen molar-refractivity contribution >= 4 is 11.5 Å². The fourth-order valence-electron chi connectivity index (χ4n) is 2.21. The second-order valence-corrected chi connectivity index (χ2v) is 4.73. The second kappa shape index (κ2) is 7.23. The average molecular weight is 297 g/mol. The zero-order valence-electron chi connectivity index (χ0n) is 12.6. The largest absolute Gasteiger partial charge is 0.493 e. The van der Waals surface area contributed by atoms with Crippen molar-refractivity contribution in [3.05, 3.63) is 58.6 Å². The minimum Gasteiger partial charge on any atom is -0.493 e. The fourth-order valence-corrected chi connectivity index (χ4v) is 2.21. The van der Waals surface area contributed by atoms with Gasteiger partial charge in [-0.1, -0.05) is 30.3 Å². The zero-order chi connectivity index (χ0) is 15.9. The summed E-state index contributed by atoms with van der Waals surface area (Å²) >= 11 is 0. The van der Waals surface area contributed by atoms with Gasteiger partial charge < -0.3 is 9.47 Å². The molecule has 2 rings (SSSR count). The number of hydrogen-bond donors (Lipinski definition) is 0. The van der Waals surface area contributed by atoms with Crippen LogP contribution in [0, 0.1) is 5.39 Å². The molecule has 0 aromatic heterocycles. The van der Waals surface area contributed by atoms with E-state index in [1.807, 2.05) is 30.3 Å². The van der Waals surface area contributed by atoms with Crippen molar-refractivity contribution < 1.29 is 14.3 Å². The van der Waals surface area contributed by atoms with E-state index in [9.17, 15) is 4.79 Å². The highest BCUT2D eigenvalue weighted by Gasteiger charge is 2.24. The smallest absolute Gasteiger partial charge is 0.399 e. The number of carbonyl (C=O) groups is 1. The van der Waals surface area contributed by atoms with Crippen LogP contribution in [0.5, 0.6) is 11.5 Å². The van der Waals surface area contributed by atoms with Crippen LogP contribution in [0.1, 0.15) is 22.3 Å². The molecule has 2 aromatic rings. The van der Waals surface area contributed by atoms with E-state index in [0.29, 0.717) is 29.9 Å². The Morgan fingerprint density at radius 3 is 2.32 bits per heavy atom. The Kier molecular flexibility index (Phi) is 5.10. The van der Waals surface area contributed by atoms with Gasteiger partial charge in [0.2, 0.25) is 5.39 Å². The van der Waals surface area contributed by atoms with Gasteiger partial charge in [-0.05, 0) is 12.0 Å². The Hall–Kier alpha value is -2.87. The summed E-state index contributed by atoms with van der Waals surface area (Å²) in [4.78, 5) is 15.6. The SMILES string of the molecule is COc1cc([N+]#N)c(C(=O)CCc2ccccc2)cc1OC. The van der Waals surface area contributed by atoms with Crippen molar-refractivity contribution in [3.8, 4) is 11.5 Å². The molecule has 0 heterocycles. The maximum absolute atomic E-state index is 12.4. The highest BCUT2D eigenvalue weighted by Crippen LogP contribution is 2.35. The molecule has 0 atom stereocenters. The molecule has 5 heteroatoms. The first kappa shape index (κ1) is 15.5. The lowest BCUT2D eigenvalue weighted by molar-refractivity contribution is 0.0983. The first-order valence-corrected chi connectivity index (χ1v) is 6.87. The number of methoxy groups -OCH3 is 2. The summed E-state index contributed by atoms with van der Waals surface area (Å²) in [5, 5.41) is 9.11. The van der Waals surface area contributed by atoms with E-state index >= 15 is 0 Å². The van der Waals surface area contributed by atoms with E-state index in [4.69, 9.17) is 14.9 Å². The van der Waals surface area contributed by atoms with Crippen LogP contribution < -0.4 is 9.47 Å². The standard InChI is InChI=1S/C17H17N2O3/c1-21-16-10-13(14(19-18)11-17(16)22-2)15(20)9-8-12-6-4-3-5-7-12/h3-7,10-11H,8-9H2,1-2H3/q+1. The Morgan fingerprint density at radius 2 is 1.73 bits per heavy atom. The average Bonchev–Trinajstić information content (AvgIpc) is 2.59. The molecule has 0 bridgehead atoms. The van der Waals surface area contributed by atoms with Gasteiger partial charge >= 0.3 is 5.69 Å². The van der Waals surface area contributed by atoms with Crippen LogP contribution in [0.15, 0.2) is 42.5 Å².